The van der Waals surface area contributed by atoms with Gasteiger partial charge in [0.2, 0.25) is 0 Å². The zero-order valence-electron chi connectivity index (χ0n) is 22.3. The van der Waals surface area contributed by atoms with Crippen molar-refractivity contribution in [2.75, 3.05) is 4.90 Å². The molecule has 0 N–H and O–H groups in total. The normalized spacial score (nSPS) is 15.7. The molecular weight excluding hydrogens is 488 g/mol. The van der Waals surface area contributed by atoms with Crippen molar-refractivity contribution in [2.24, 2.45) is 0 Å². The van der Waals surface area contributed by atoms with Crippen molar-refractivity contribution < 1.29 is 4.42 Å². The van der Waals surface area contributed by atoms with Crippen molar-refractivity contribution in [2.45, 2.75) is 6.92 Å². The van der Waals surface area contributed by atoms with E-state index in [2.05, 4.69) is 108 Å². The lowest BCUT2D eigenvalue weighted by molar-refractivity contribution is 0.667. The van der Waals surface area contributed by atoms with Gasteiger partial charge in [0.25, 0.3) is 0 Å². The smallest absolute Gasteiger partial charge is 0.145 e. The summed E-state index contributed by atoms with van der Waals surface area (Å²) in [5.41, 5.74) is 8.98. The molecule has 0 atom stereocenters. The third kappa shape index (κ3) is 3.59. The van der Waals surface area contributed by atoms with Crippen LogP contribution in [-0.2, 0) is 0 Å². The van der Waals surface area contributed by atoms with Crippen molar-refractivity contribution in [3.8, 4) is 5.69 Å². The van der Waals surface area contributed by atoms with Crippen LogP contribution in [0.2, 0.25) is 0 Å². The fraction of sp³-hybridized carbons (Fsp3) is 0.0270. The summed E-state index contributed by atoms with van der Waals surface area (Å²) in [7, 11) is 0. The Morgan fingerprint density at radius 2 is 1.57 bits per heavy atom. The minimum Gasteiger partial charge on any atom is -0.455 e. The van der Waals surface area contributed by atoms with Gasteiger partial charge in [-0.1, -0.05) is 73.9 Å². The minimum absolute atomic E-state index is 0.830. The molecule has 0 unspecified atom stereocenters. The van der Waals surface area contributed by atoms with Gasteiger partial charge in [-0.3, -0.25) is 0 Å². The van der Waals surface area contributed by atoms with Crippen molar-refractivity contribution in [3.63, 3.8) is 0 Å². The maximum atomic E-state index is 6.59. The van der Waals surface area contributed by atoms with Gasteiger partial charge in [0.15, 0.2) is 0 Å². The average Bonchev–Trinajstić information content (AvgIpc) is 3.52. The average molecular weight is 517 g/mol. The molecule has 3 heterocycles. The third-order valence-corrected chi connectivity index (χ3v) is 7.61. The van der Waals surface area contributed by atoms with E-state index < -0.39 is 0 Å². The number of benzene rings is 4. The molecular formula is C37H28N2O. The number of nitrogens with zero attached hydrogens (tertiary/aromatic N) is 2. The van der Waals surface area contributed by atoms with E-state index in [0.717, 1.165) is 50.1 Å². The van der Waals surface area contributed by atoms with Gasteiger partial charge in [0, 0.05) is 44.7 Å². The van der Waals surface area contributed by atoms with Crippen LogP contribution < -0.4 is 4.90 Å². The van der Waals surface area contributed by atoms with Crippen molar-refractivity contribution in [1.29, 1.82) is 0 Å². The number of aromatic nitrogens is 1. The molecule has 0 amide bonds. The zero-order chi connectivity index (χ0) is 27.2. The minimum atomic E-state index is 0.830. The first kappa shape index (κ1) is 23.8. The third-order valence-electron chi connectivity index (χ3n) is 7.61. The summed E-state index contributed by atoms with van der Waals surface area (Å²) >= 11 is 0. The van der Waals surface area contributed by atoms with E-state index in [-0.39, 0.29) is 0 Å². The predicted octanol–water partition coefficient (Wildman–Crippen LogP) is 10.2. The van der Waals surface area contributed by atoms with Gasteiger partial charge in [0.1, 0.15) is 11.2 Å². The highest BCUT2D eigenvalue weighted by Crippen LogP contribution is 2.42. The Labute approximate surface area is 233 Å². The summed E-state index contributed by atoms with van der Waals surface area (Å²) in [6.45, 7) is 10.5. The predicted molar refractivity (Wildman–Crippen MR) is 171 cm³/mol. The lowest BCUT2D eigenvalue weighted by atomic mass is 9.98. The lowest BCUT2D eigenvalue weighted by Crippen LogP contribution is -2.16. The molecule has 0 radical (unpaired) electrons. The van der Waals surface area contributed by atoms with Crippen molar-refractivity contribution >= 4 is 55.0 Å². The fourth-order valence-corrected chi connectivity index (χ4v) is 5.81. The van der Waals surface area contributed by atoms with Crippen LogP contribution in [0, 0.1) is 0 Å². The Morgan fingerprint density at radius 3 is 2.30 bits per heavy atom. The molecule has 0 saturated carbocycles. The van der Waals surface area contributed by atoms with Crippen LogP contribution >= 0.6 is 0 Å². The molecule has 1 aliphatic rings. The fourth-order valence-electron chi connectivity index (χ4n) is 5.81. The molecule has 3 nitrogen and oxygen atoms in total. The number of anilines is 1. The van der Waals surface area contributed by atoms with E-state index in [1.807, 2.05) is 49.6 Å². The topological polar surface area (TPSA) is 21.3 Å². The van der Waals surface area contributed by atoms with Crippen LogP contribution in [0.15, 0.2) is 151 Å². The maximum Gasteiger partial charge on any atom is 0.145 e. The standard InChI is InChI=1S/C37H28N2O/c1-4-6-14-26(5-2)38-23-12-11-13-25(3)36-34(38)21-20-30-31-24-27(19-22-35(31)40-37(30)36)39-32-17-9-7-15-28(32)29-16-8-10-18-33(29)39/h4-24H,2-3H2,1H3/b6-4-,13-11-,23-12-,26-14+. The Kier molecular flexibility index (Phi) is 5.64. The summed E-state index contributed by atoms with van der Waals surface area (Å²) in [4.78, 5) is 2.13. The van der Waals surface area contributed by atoms with E-state index in [0.29, 0.717) is 0 Å². The van der Waals surface area contributed by atoms with Gasteiger partial charge in [-0.15, -0.1) is 0 Å². The number of fused-ring (bicyclic) bond motifs is 8. The molecule has 40 heavy (non-hydrogen) atoms. The zero-order valence-corrected chi connectivity index (χ0v) is 22.3. The molecule has 6 aromatic rings. The molecule has 3 heteroatoms. The molecule has 7 rings (SSSR count). The monoisotopic (exact) mass is 516 g/mol. The highest BCUT2D eigenvalue weighted by atomic mass is 16.3. The Balaban J connectivity index is 1.48. The number of para-hydroxylation sites is 2. The van der Waals surface area contributed by atoms with E-state index in [1.165, 1.54) is 21.8 Å². The van der Waals surface area contributed by atoms with Gasteiger partial charge in [0.05, 0.1) is 16.7 Å². The van der Waals surface area contributed by atoms with Crippen LogP contribution in [0.3, 0.4) is 0 Å². The summed E-state index contributed by atoms with van der Waals surface area (Å²) in [6, 6.07) is 28.0. The number of furan rings is 1. The van der Waals surface area contributed by atoms with Crippen LogP contribution in [0.25, 0.3) is 55.0 Å². The number of rotatable bonds is 4. The van der Waals surface area contributed by atoms with Crippen molar-refractivity contribution in [3.05, 3.63) is 152 Å². The largest absolute Gasteiger partial charge is 0.455 e. The first-order chi connectivity index (χ1) is 19.7. The molecule has 0 spiro atoms. The molecule has 0 aliphatic carbocycles. The summed E-state index contributed by atoms with van der Waals surface area (Å²) < 4.78 is 8.93. The maximum absolute atomic E-state index is 6.59. The summed E-state index contributed by atoms with van der Waals surface area (Å²) in [6.07, 6.45) is 16.1. The number of hydrogen-bond donors (Lipinski definition) is 0. The second-order valence-electron chi connectivity index (χ2n) is 9.91. The number of hydrogen-bond acceptors (Lipinski definition) is 2. The Bertz CT molecular complexity index is 2060. The van der Waals surface area contributed by atoms with Crippen LogP contribution in [0.1, 0.15) is 12.5 Å². The molecule has 0 bridgehead atoms. The molecule has 0 fully saturated rings. The van der Waals surface area contributed by atoms with Gasteiger partial charge < -0.3 is 13.9 Å². The molecule has 4 aromatic carbocycles. The van der Waals surface area contributed by atoms with E-state index in [9.17, 15) is 0 Å². The SMILES string of the molecule is C=C/C(=C\C=C/C)N1/C=C\C=C/C(=C)c2c1ccc1c2oc2ccc(-n3c4ccccc4c4ccccc43)cc21. The van der Waals surface area contributed by atoms with Gasteiger partial charge >= 0.3 is 0 Å². The summed E-state index contributed by atoms with van der Waals surface area (Å²) in [5, 5.41) is 4.63. The first-order valence-electron chi connectivity index (χ1n) is 13.5. The number of allylic oxidation sites excluding steroid dienone is 8. The van der Waals surface area contributed by atoms with Crippen LogP contribution in [-0.4, -0.2) is 4.57 Å². The lowest BCUT2D eigenvalue weighted by Gasteiger charge is -2.25. The van der Waals surface area contributed by atoms with Crippen molar-refractivity contribution in [1.82, 2.24) is 4.57 Å². The quantitative estimate of drug-likeness (QED) is 0.217. The molecule has 2 aromatic heterocycles. The highest BCUT2D eigenvalue weighted by Gasteiger charge is 2.21. The van der Waals surface area contributed by atoms with E-state index in [4.69, 9.17) is 4.42 Å². The summed E-state index contributed by atoms with van der Waals surface area (Å²) in [5.74, 6) is 0. The molecule has 1 aliphatic heterocycles. The second kappa shape index (κ2) is 9.48. The Hall–Kier alpha value is -5.28. The molecule has 0 saturated heterocycles. The first-order valence-corrected chi connectivity index (χ1v) is 13.5. The van der Waals surface area contributed by atoms with Crippen LogP contribution in [0.5, 0.6) is 0 Å². The van der Waals surface area contributed by atoms with Gasteiger partial charge in [-0.05, 0) is 73.2 Å². The van der Waals surface area contributed by atoms with Gasteiger partial charge in [-0.25, -0.2) is 0 Å². The molecule has 192 valence electrons. The second-order valence-corrected chi connectivity index (χ2v) is 9.91. The Morgan fingerprint density at radius 1 is 0.825 bits per heavy atom. The van der Waals surface area contributed by atoms with E-state index in [1.54, 1.807) is 0 Å². The highest BCUT2D eigenvalue weighted by molar-refractivity contribution is 6.13. The van der Waals surface area contributed by atoms with Gasteiger partial charge in [-0.2, -0.15) is 0 Å². The van der Waals surface area contributed by atoms with Crippen LogP contribution in [0.4, 0.5) is 5.69 Å². The van der Waals surface area contributed by atoms with E-state index >= 15 is 0 Å².